The second-order valence-corrected chi connectivity index (χ2v) is 7.93. The van der Waals surface area contributed by atoms with E-state index in [9.17, 15) is 4.79 Å². The van der Waals surface area contributed by atoms with Gasteiger partial charge < -0.3 is 0 Å². The summed E-state index contributed by atoms with van der Waals surface area (Å²) < 4.78 is 0. The van der Waals surface area contributed by atoms with Crippen molar-refractivity contribution in [2.45, 2.75) is 77.8 Å². The third-order valence-corrected chi connectivity index (χ3v) is 4.97. The molecular weight excluding hydrogens is 278 g/mol. The van der Waals surface area contributed by atoms with Crippen molar-refractivity contribution in [2.75, 3.05) is 13.7 Å². The zero-order chi connectivity index (χ0) is 17.0. The summed E-state index contributed by atoms with van der Waals surface area (Å²) in [6, 6.07) is 0. The van der Waals surface area contributed by atoms with Gasteiger partial charge in [-0.2, -0.15) is 4.89 Å². The number of carbonyl (C=O) groups is 1. The van der Waals surface area contributed by atoms with Crippen LogP contribution in [0.4, 0.5) is 0 Å². The van der Waals surface area contributed by atoms with Crippen molar-refractivity contribution in [1.29, 1.82) is 0 Å². The molecule has 0 radical (unpaired) electrons. The third kappa shape index (κ3) is 5.40. The Kier molecular flexibility index (Phi) is 6.63. The number of rotatable bonds is 7. The maximum atomic E-state index is 11.1. The monoisotopic (exact) mass is 311 g/mol. The van der Waals surface area contributed by atoms with E-state index in [0.717, 1.165) is 18.8 Å². The zero-order valence-corrected chi connectivity index (χ0v) is 15.2. The number of piperidine rings is 1. The second-order valence-electron chi connectivity index (χ2n) is 7.93. The summed E-state index contributed by atoms with van der Waals surface area (Å²) in [5.41, 5.74) is 0.857. The lowest BCUT2D eigenvalue weighted by Gasteiger charge is -2.54. The highest BCUT2D eigenvalue weighted by Gasteiger charge is 2.42. The molecule has 0 aromatic carbocycles. The van der Waals surface area contributed by atoms with E-state index >= 15 is 0 Å². The SMILES string of the molecule is C=C(C)C(=O)OOCCCCC1CC(C)(C)N(C)C(C)(C)C1. The van der Waals surface area contributed by atoms with Crippen LogP contribution in [-0.2, 0) is 14.6 Å². The highest BCUT2D eigenvalue weighted by atomic mass is 17.2. The van der Waals surface area contributed by atoms with Crippen LogP contribution in [0.3, 0.4) is 0 Å². The van der Waals surface area contributed by atoms with Gasteiger partial charge in [0, 0.05) is 16.7 Å². The minimum atomic E-state index is -0.487. The quantitative estimate of drug-likeness (QED) is 0.307. The molecule has 128 valence electrons. The van der Waals surface area contributed by atoms with Gasteiger partial charge in [-0.15, -0.1) is 0 Å². The summed E-state index contributed by atoms with van der Waals surface area (Å²) in [6.45, 7) is 14.9. The molecule has 1 fully saturated rings. The van der Waals surface area contributed by atoms with E-state index in [4.69, 9.17) is 4.89 Å². The van der Waals surface area contributed by atoms with E-state index in [-0.39, 0.29) is 11.1 Å². The normalized spacial score (nSPS) is 21.5. The lowest BCUT2D eigenvalue weighted by molar-refractivity contribution is -0.268. The van der Waals surface area contributed by atoms with Gasteiger partial charge in [0.25, 0.3) is 0 Å². The average molecular weight is 311 g/mol. The first-order valence-electron chi connectivity index (χ1n) is 8.29. The summed E-state index contributed by atoms with van der Waals surface area (Å²) in [6.07, 6.45) is 5.69. The van der Waals surface area contributed by atoms with Crippen LogP contribution < -0.4 is 0 Å². The molecule has 1 heterocycles. The Morgan fingerprint density at radius 1 is 1.18 bits per heavy atom. The second kappa shape index (κ2) is 7.60. The highest BCUT2D eigenvalue weighted by molar-refractivity contribution is 5.86. The number of hydrogen-bond donors (Lipinski definition) is 0. The van der Waals surface area contributed by atoms with Gasteiger partial charge in [0.15, 0.2) is 0 Å². The molecule has 1 rings (SSSR count). The Labute approximate surface area is 135 Å². The van der Waals surface area contributed by atoms with E-state index in [1.807, 2.05) is 0 Å². The van der Waals surface area contributed by atoms with Gasteiger partial charge in [-0.25, -0.2) is 4.79 Å². The van der Waals surface area contributed by atoms with Crippen LogP contribution in [0.25, 0.3) is 0 Å². The molecule has 0 unspecified atom stereocenters. The molecule has 0 bridgehead atoms. The Hall–Kier alpha value is -0.870. The Balaban J connectivity index is 2.25. The molecule has 1 aliphatic heterocycles. The van der Waals surface area contributed by atoms with E-state index in [2.05, 4.69) is 51.1 Å². The molecule has 1 saturated heterocycles. The van der Waals surface area contributed by atoms with E-state index < -0.39 is 5.97 Å². The lowest BCUT2D eigenvalue weighted by atomic mass is 9.72. The predicted molar refractivity (Wildman–Crippen MR) is 89.4 cm³/mol. The summed E-state index contributed by atoms with van der Waals surface area (Å²) >= 11 is 0. The minimum absolute atomic E-state index is 0.250. The summed E-state index contributed by atoms with van der Waals surface area (Å²) in [5, 5.41) is 0. The van der Waals surface area contributed by atoms with Gasteiger partial charge in [-0.05, 0) is 66.8 Å². The predicted octanol–water partition coefficient (Wildman–Crippen LogP) is 4.11. The fourth-order valence-electron chi connectivity index (χ4n) is 3.54. The van der Waals surface area contributed by atoms with Crippen LogP contribution in [-0.4, -0.2) is 35.6 Å². The van der Waals surface area contributed by atoms with Gasteiger partial charge in [0.2, 0.25) is 0 Å². The Bertz CT molecular complexity index is 383. The molecule has 0 atom stereocenters. The first kappa shape index (κ1) is 19.2. The molecule has 4 heteroatoms. The fraction of sp³-hybridized carbons (Fsp3) is 0.833. The van der Waals surface area contributed by atoms with Crippen molar-refractivity contribution >= 4 is 5.97 Å². The third-order valence-electron chi connectivity index (χ3n) is 4.97. The van der Waals surface area contributed by atoms with Gasteiger partial charge in [0.05, 0.1) is 6.61 Å². The average Bonchev–Trinajstić information content (AvgIpc) is 2.38. The van der Waals surface area contributed by atoms with Crippen molar-refractivity contribution in [3.8, 4) is 0 Å². The largest absolute Gasteiger partial charge is 0.368 e. The molecule has 0 aromatic rings. The minimum Gasteiger partial charge on any atom is -0.296 e. The molecular formula is C18H33NO3. The van der Waals surface area contributed by atoms with Crippen molar-refractivity contribution in [3.63, 3.8) is 0 Å². The van der Waals surface area contributed by atoms with Gasteiger partial charge in [-0.1, -0.05) is 19.4 Å². The molecule has 0 aliphatic carbocycles. The molecule has 1 aliphatic rings. The molecule has 0 aromatic heterocycles. The van der Waals surface area contributed by atoms with Gasteiger partial charge >= 0.3 is 5.97 Å². The smallest absolute Gasteiger partial charge is 0.296 e. The van der Waals surface area contributed by atoms with E-state index in [0.29, 0.717) is 12.2 Å². The van der Waals surface area contributed by atoms with Crippen molar-refractivity contribution in [1.82, 2.24) is 4.90 Å². The topological polar surface area (TPSA) is 38.8 Å². The maximum Gasteiger partial charge on any atom is 0.368 e. The molecule has 4 nitrogen and oxygen atoms in total. The van der Waals surface area contributed by atoms with Crippen molar-refractivity contribution in [2.24, 2.45) is 5.92 Å². The number of likely N-dealkylation sites (tertiary alicyclic amines) is 1. The summed E-state index contributed by atoms with van der Waals surface area (Å²) in [5.74, 6) is 0.262. The first-order chi connectivity index (χ1) is 10.1. The van der Waals surface area contributed by atoms with Crippen LogP contribution in [0.5, 0.6) is 0 Å². The first-order valence-corrected chi connectivity index (χ1v) is 8.29. The van der Waals surface area contributed by atoms with Crippen LogP contribution in [0.1, 0.15) is 66.7 Å². The van der Waals surface area contributed by atoms with Crippen molar-refractivity contribution < 1.29 is 14.6 Å². The van der Waals surface area contributed by atoms with Crippen molar-refractivity contribution in [3.05, 3.63) is 12.2 Å². The van der Waals surface area contributed by atoms with E-state index in [1.165, 1.54) is 19.3 Å². The molecule has 0 spiro atoms. The van der Waals surface area contributed by atoms with Crippen LogP contribution in [0.15, 0.2) is 12.2 Å². The molecule has 0 amide bonds. The van der Waals surface area contributed by atoms with Crippen LogP contribution in [0.2, 0.25) is 0 Å². The molecule has 0 saturated carbocycles. The number of nitrogens with zero attached hydrogens (tertiary/aromatic N) is 1. The fourth-order valence-corrected chi connectivity index (χ4v) is 3.54. The molecule has 0 N–H and O–H groups in total. The number of unbranched alkanes of at least 4 members (excludes halogenated alkanes) is 1. The standard InChI is InChI=1S/C18H33NO3/c1-14(2)16(20)22-21-11-9-8-10-15-12-17(3,4)19(7)18(5,6)13-15/h15H,1,8-13H2,2-7H3. The number of hydrogen-bond acceptors (Lipinski definition) is 4. The zero-order valence-electron chi connectivity index (χ0n) is 15.2. The lowest BCUT2D eigenvalue weighted by Crippen LogP contribution is -2.58. The number of carbonyl (C=O) groups excluding carboxylic acids is 1. The molecule has 22 heavy (non-hydrogen) atoms. The van der Waals surface area contributed by atoms with Crippen LogP contribution >= 0.6 is 0 Å². The summed E-state index contributed by atoms with van der Waals surface area (Å²) in [7, 11) is 2.24. The summed E-state index contributed by atoms with van der Waals surface area (Å²) in [4.78, 5) is 23.2. The maximum absolute atomic E-state index is 11.1. The van der Waals surface area contributed by atoms with Gasteiger partial charge in [-0.3, -0.25) is 9.79 Å². The highest BCUT2D eigenvalue weighted by Crippen LogP contribution is 2.41. The van der Waals surface area contributed by atoms with E-state index in [1.54, 1.807) is 6.92 Å². The van der Waals surface area contributed by atoms with Gasteiger partial charge in [0.1, 0.15) is 0 Å². The van der Waals surface area contributed by atoms with Crippen LogP contribution in [0, 0.1) is 5.92 Å². The Morgan fingerprint density at radius 2 is 1.73 bits per heavy atom. The Morgan fingerprint density at radius 3 is 2.23 bits per heavy atom.